The van der Waals surface area contributed by atoms with Crippen LogP contribution in [0.3, 0.4) is 0 Å². The molecule has 0 saturated carbocycles. The van der Waals surface area contributed by atoms with Crippen molar-refractivity contribution in [2.45, 2.75) is 31.9 Å². The Bertz CT molecular complexity index is 986. The molecule has 2 aromatic heterocycles. The zero-order valence-electron chi connectivity index (χ0n) is 15.4. The average Bonchev–Trinajstić information content (AvgIpc) is 3.42. The standard InChI is InChI=1S/C21H21N3O3S/c25-19(18-11-15-3-1-2-4-17(15)28-18)24-8-5-21(6-9-24)12-16(27-20(21)26)13-23-10-7-22-14-23/h1-4,7,10-11,14,16H,5-6,8-9,12-13H2. The van der Waals surface area contributed by atoms with Crippen LogP contribution in [-0.2, 0) is 16.1 Å². The van der Waals surface area contributed by atoms with E-state index in [1.165, 1.54) is 11.3 Å². The summed E-state index contributed by atoms with van der Waals surface area (Å²) in [5, 5.41) is 1.10. The third-order valence-electron chi connectivity index (χ3n) is 5.94. The Morgan fingerprint density at radius 2 is 2.11 bits per heavy atom. The van der Waals surface area contributed by atoms with Crippen LogP contribution in [0.5, 0.6) is 0 Å². The summed E-state index contributed by atoms with van der Waals surface area (Å²) >= 11 is 1.53. The van der Waals surface area contributed by atoms with Crippen molar-refractivity contribution in [3.8, 4) is 0 Å². The molecule has 0 N–H and O–H groups in total. The van der Waals surface area contributed by atoms with E-state index in [4.69, 9.17) is 4.74 Å². The first kappa shape index (κ1) is 17.4. The fourth-order valence-corrected chi connectivity index (χ4v) is 5.39. The molecule has 1 amide bonds. The SMILES string of the molecule is O=C(c1cc2ccccc2s1)N1CCC2(CC1)CC(Cn1ccnc1)OC2=O. The molecule has 28 heavy (non-hydrogen) atoms. The van der Waals surface area contributed by atoms with Gasteiger partial charge in [0.25, 0.3) is 5.91 Å². The average molecular weight is 395 g/mol. The number of likely N-dealkylation sites (tertiary alicyclic amines) is 1. The van der Waals surface area contributed by atoms with Gasteiger partial charge < -0.3 is 14.2 Å². The van der Waals surface area contributed by atoms with E-state index < -0.39 is 5.41 Å². The lowest BCUT2D eigenvalue weighted by Gasteiger charge is -2.36. The lowest BCUT2D eigenvalue weighted by Crippen LogP contribution is -2.44. The monoisotopic (exact) mass is 395 g/mol. The smallest absolute Gasteiger partial charge is 0.312 e. The lowest BCUT2D eigenvalue weighted by atomic mass is 9.76. The molecule has 144 valence electrons. The maximum atomic E-state index is 12.9. The van der Waals surface area contributed by atoms with Crippen LogP contribution < -0.4 is 0 Å². The fraction of sp³-hybridized carbons (Fsp3) is 0.381. The van der Waals surface area contributed by atoms with Gasteiger partial charge in [0.05, 0.1) is 23.2 Å². The minimum absolute atomic E-state index is 0.0670. The minimum atomic E-state index is -0.442. The van der Waals surface area contributed by atoms with Gasteiger partial charge >= 0.3 is 5.97 Å². The normalized spacial score (nSPS) is 21.4. The Labute approximate surface area is 166 Å². The highest BCUT2D eigenvalue weighted by atomic mass is 32.1. The van der Waals surface area contributed by atoms with Gasteiger partial charge in [-0.05, 0) is 30.4 Å². The van der Waals surface area contributed by atoms with Gasteiger partial charge in [-0.25, -0.2) is 4.98 Å². The van der Waals surface area contributed by atoms with Crippen molar-refractivity contribution < 1.29 is 14.3 Å². The second-order valence-electron chi connectivity index (χ2n) is 7.71. The van der Waals surface area contributed by atoms with Crippen LogP contribution in [-0.4, -0.2) is 45.5 Å². The summed E-state index contributed by atoms with van der Waals surface area (Å²) in [6.07, 6.45) is 7.29. The highest BCUT2D eigenvalue weighted by molar-refractivity contribution is 7.20. The number of ether oxygens (including phenoxy) is 1. The number of thiophene rings is 1. The van der Waals surface area contributed by atoms with Crippen LogP contribution in [0.4, 0.5) is 0 Å². The van der Waals surface area contributed by atoms with Gasteiger partial charge in [-0.3, -0.25) is 9.59 Å². The molecule has 1 aromatic carbocycles. The van der Waals surface area contributed by atoms with Crippen LogP contribution in [0.1, 0.15) is 28.9 Å². The lowest BCUT2D eigenvalue weighted by molar-refractivity contribution is -0.150. The molecule has 2 aliphatic rings. The Morgan fingerprint density at radius 3 is 2.86 bits per heavy atom. The van der Waals surface area contributed by atoms with E-state index in [1.807, 2.05) is 46.0 Å². The Morgan fingerprint density at radius 1 is 1.29 bits per heavy atom. The number of amides is 1. The summed E-state index contributed by atoms with van der Waals surface area (Å²) in [6, 6.07) is 10.0. The van der Waals surface area contributed by atoms with Crippen molar-refractivity contribution in [2.24, 2.45) is 5.41 Å². The molecular weight excluding hydrogens is 374 g/mol. The number of imidazole rings is 1. The summed E-state index contributed by atoms with van der Waals surface area (Å²) in [7, 11) is 0. The van der Waals surface area contributed by atoms with Crippen molar-refractivity contribution >= 4 is 33.3 Å². The van der Waals surface area contributed by atoms with Gasteiger partial charge in [-0.2, -0.15) is 0 Å². The number of rotatable bonds is 3. The van der Waals surface area contributed by atoms with Gasteiger partial charge in [0.1, 0.15) is 6.10 Å². The number of carbonyl (C=O) groups is 2. The Kier molecular flexibility index (Phi) is 4.19. The maximum absolute atomic E-state index is 12.9. The second kappa shape index (κ2) is 6.74. The molecule has 0 bridgehead atoms. The van der Waals surface area contributed by atoms with Crippen LogP contribution in [0.25, 0.3) is 10.1 Å². The summed E-state index contributed by atoms with van der Waals surface area (Å²) in [5.41, 5.74) is -0.442. The van der Waals surface area contributed by atoms with Crippen molar-refractivity contribution in [3.05, 3.63) is 53.9 Å². The minimum Gasteiger partial charge on any atom is -0.460 e. The van der Waals surface area contributed by atoms with E-state index in [1.54, 1.807) is 12.5 Å². The van der Waals surface area contributed by atoms with Gasteiger partial charge in [0, 0.05) is 36.6 Å². The van der Waals surface area contributed by atoms with E-state index in [0.717, 1.165) is 21.4 Å². The Balaban J connectivity index is 1.25. The van der Waals surface area contributed by atoms with E-state index in [-0.39, 0.29) is 18.0 Å². The van der Waals surface area contributed by atoms with Crippen molar-refractivity contribution in [2.75, 3.05) is 13.1 Å². The highest BCUT2D eigenvalue weighted by Crippen LogP contribution is 2.43. The topological polar surface area (TPSA) is 64.4 Å². The third-order valence-corrected chi connectivity index (χ3v) is 7.05. The van der Waals surface area contributed by atoms with Gasteiger partial charge in [0.15, 0.2) is 0 Å². The van der Waals surface area contributed by atoms with Crippen LogP contribution in [0, 0.1) is 5.41 Å². The number of nitrogens with zero attached hydrogens (tertiary/aromatic N) is 3. The summed E-state index contributed by atoms with van der Waals surface area (Å²) in [4.78, 5) is 32.2. The van der Waals surface area contributed by atoms with Crippen LogP contribution in [0.15, 0.2) is 49.1 Å². The molecular formula is C21H21N3O3S. The molecule has 0 aliphatic carbocycles. The zero-order valence-corrected chi connectivity index (χ0v) is 16.2. The second-order valence-corrected chi connectivity index (χ2v) is 8.80. The number of fused-ring (bicyclic) bond motifs is 1. The maximum Gasteiger partial charge on any atom is 0.312 e. The predicted molar refractivity (Wildman–Crippen MR) is 106 cm³/mol. The quantitative estimate of drug-likeness (QED) is 0.638. The van der Waals surface area contributed by atoms with Crippen LogP contribution in [0.2, 0.25) is 0 Å². The molecule has 5 rings (SSSR count). The number of hydrogen-bond donors (Lipinski definition) is 0. The van der Waals surface area contributed by atoms with Crippen molar-refractivity contribution in [1.82, 2.24) is 14.5 Å². The molecule has 4 heterocycles. The van der Waals surface area contributed by atoms with Crippen molar-refractivity contribution in [3.63, 3.8) is 0 Å². The fourth-order valence-electron chi connectivity index (χ4n) is 4.36. The van der Waals surface area contributed by atoms with Gasteiger partial charge in [-0.1, -0.05) is 18.2 Å². The molecule has 1 atom stereocenters. The Hall–Kier alpha value is -2.67. The number of benzene rings is 1. The first-order valence-electron chi connectivity index (χ1n) is 9.58. The molecule has 2 saturated heterocycles. The first-order chi connectivity index (χ1) is 13.6. The largest absolute Gasteiger partial charge is 0.460 e. The molecule has 2 aliphatic heterocycles. The molecule has 0 radical (unpaired) electrons. The third kappa shape index (κ3) is 2.99. The molecule has 7 heteroatoms. The number of cyclic esters (lactones) is 1. The van der Waals surface area contributed by atoms with Crippen molar-refractivity contribution in [1.29, 1.82) is 0 Å². The number of aromatic nitrogens is 2. The van der Waals surface area contributed by atoms with E-state index in [0.29, 0.717) is 32.5 Å². The number of hydrogen-bond acceptors (Lipinski definition) is 5. The predicted octanol–water partition coefficient (Wildman–Crippen LogP) is 3.34. The number of carbonyl (C=O) groups excluding carboxylic acids is 2. The zero-order chi connectivity index (χ0) is 19.1. The molecule has 6 nitrogen and oxygen atoms in total. The van der Waals surface area contributed by atoms with E-state index in [9.17, 15) is 9.59 Å². The molecule has 3 aromatic rings. The van der Waals surface area contributed by atoms with E-state index in [2.05, 4.69) is 4.98 Å². The molecule has 1 unspecified atom stereocenters. The highest BCUT2D eigenvalue weighted by Gasteiger charge is 2.50. The molecule has 2 fully saturated rings. The summed E-state index contributed by atoms with van der Waals surface area (Å²) in [5.74, 6) is -0.0380. The number of piperidine rings is 1. The van der Waals surface area contributed by atoms with E-state index >= 15 is 0 Å². The van der Waals surface area contributed by atoms with Crippen LogP contribution >= 0.6 is 11.3 Å². The van der Waals surface area contributed by atoms with Gasteiger partial charge in [-0.15, -0.1) is 11.3 Å². The number of esters is 1. The molecule has 1 spiro atoms. The summed E-state index contributed by atoms with van der Waals surface area (Å²) in [6.45, 7) is 1.83. The first-order valence-corrected chi connectivity index (χ1v) is 10.4. The summed E-state index contributed by atoms with van der Waals surface area (Å²) < 4.78 is 8.73. The van der Waals surface area contributed by atoms with Gasteiger partial charge in [0.2, 0.25) is 0 Å².